The second kappa shape index (κ2) is 10.9. The second-order valence-corrected chi connectivity index (χ2v) is 10.4. The van der Waals surface area contributed by atoms with Crippen molar-refractivity contribution < 1.29 is 13.2 Å². The van der Waals surface area contributed by atoms with E-state index in [0.717, 1.165) is 9.87 Å². The van der Waals surface area contributed by atoms with Crippen molar-refractivity contribution in [1.82, 2.24) is 4.31 Å². The van der Waals surface area contributed by atoms with Gasteiger partial charge >= 0.3 is 0 Å². The highest BCUT2D eigenvalue weighted by molar-refractivity contribution is 7.89. The molecular weight excluding hydrogens is 514 g/mol. The van der Waals surface area contributed by atoms with Crippen molar-refractivity contribution in [3.63, 3.8) is 0 Å². The lowest BCUT2D eigenvalue weighted by molar-refractivity contribution is -0.116. The number of anilines is 1. The largest absolute Gasteiger partial charge is 0.325 e. The molecule has 0 saturated heterocycles. The van der Waals surface area contributed by atoms with Crippen molar-refractivity contribution in [1.29, 1.82) is 0 Å². The van der Waals surface area contributed by atoms with Gasteiger partial charge < -0.3 is 5.32 Å². The van der Waals surface area contributed by atoms with E-state index in [-0.39, 0.29) is 26.5 Å². The Labute approximate surface area is 206 Å². The number of rotatable bonds is 8. The molecule has 0 heterocycles. The smallest absolute Gasteiger partial charge is 0.245 e. The molecule has 5 nitrogen and oxygen atoms in total. The van der Waals surface area contributed by atoms with Crippen LogP contribution < -0.4 is 5.32 Å². The third kappa shape index (κ3) is 6.38. The predicted octanol–water partition coefficient (Wildman–Crippen LogP) is 6.17. The van der Waals surface area contributed by atoms with Gasteiger partial charge in [0.2, 0.25) is 15.9 Å². The van der Waals surface area contributed by atoms with Gasteiger partial charge in [-0.2, -0.15) is 4.31 Å². The SMILES string of the molecule is O=C(CN(CCc1ccccc1)S(=O)(=O)c1cc(Cl)ccc1Cl)Nc1ccc(Cl)c(Cl)c1. The van der Waals surface area contributed by atoms with Crippen LogP contribution in [-0.4, -0.2) is 31.7 Å². The first-order chi connectivity index (χ1) is 15.2. The van der Waals surface area contributed by atoms with Crippen LogP contribution in [0.3, 0.4) is 0 Å². The Bertz CT molecular complexity index is 1220. The first-order valence-electron chi connectivity index (χ1n) is 9.41. The number of carbonyl (C=O) groups is 1. The quantitative estimate of drug-likeness (QED) is 0.378. The standard InChI is InChI=1S/C22H18Cl4N2O3S/c23-16-6-8-19(25)21(12-16)32(30,31)28(11-10-15-4-2-1-3-5-15)14-22(29)27-17-7-9-18(24)20(26)13-17/h1-9,12-13H,10-11,14H2,(H,27,29). The molecule has 0 aliphatic heterocycles. The fourth-order valence-electron chi connectivity index (χ4n) is 2.93. The Morgan fingerprint density at radius 3 is 2.22 bits per heavy atom. The van der Waals surface area contributed by atoms with Crippen LogP contribution in [0.5, 0.6) is 0 Å². The number of benzene rings is 3. The van der Waals surface area contributed by atoms with E-state index < -0.39 is 22.5 Å². The zero-order valence-corrected chi connectivity index (χ0v) is 20.4. The molecule has 0 aliphatic rings. The Kier molecular flexibility index (Phi) is 8.44. The normalized spacial score (nSPS) is 11.5. The minimum atomic E-state index is -4.12. The second-order valence-electron chi connectivity index (χ2n) is 6.83. The van der Waals surface area contributed by atoms with E-state index in [1.807, 2.05) is 30.3 Å². The first-order valence-corrected chi connectivity index (χ1v) is 12.4. The summed E-state index contributed by atoms with van der Waals surface area (Å²) >= 11 is 24.0. The number of hydrogen-bond donors (Lipinski definition) is 1. The van der Waals surface area contributed by atoms with E-state index in [9.17, 15) is 13.2 Å². The zero-order chi connectivity index (χ0) is 23.3. The van der Waals surface area contributed by atoms with Gasteiger partial charge in [0.25, 0.3) is 0 Å². The minimum absolute atomic E-state index is 0.0176. The van der Waals surface area contributed by atoms with Crippen molar-refractivity contribution in [2.75, 3.05) is 18.4 Å². The van der Waals surface area contributed by atoms with Crippen LogP contribution in [0.25, 0.3) is 0 Å². The van der Waals surface area contributed by atoms with Gasteiger partial charge in [-0.1, -0.05) is 76.7 Å². The number of nitrogens with zero attached hydrogens (tertiary/aromatic N) is 1. The molecule has 0 aromatic heterocycles. The topological polar surface area (TPSA) is 66.5 Å². The van der Waals surface area contributed by atoms with Gasteiger partial charge in [-0.15, -0.1) is 0 Å². The molecule has 10 heteroatoms. The first kappa shape index (κ1) is 24.8. The molecule has 0 atom stereocenters. The van der Waals surface area contributed by atoms with Crippen molar-refractivity contribution in [3.05, 3.63) is 92.4 Å². The molecule has 168 valence electrons. The average molecular weight is 532 g/mol. The van der Waals surface area contributed by atoms with Crippen molar-refractivity contribution in [2.24, 2.45) is 0 Å². The van der Waals surface area contributed by atoms with Gasteiger partial charge in [0, 0.05) is 17.3 Å². The summed E-state index contributed by atoms with van der Waals surface area (Å²) in [7, 11) is -4.12. The monoisotopic (exact) mass is 530 g/mol. The highest BCUT2D eigenvalue weighted by atomic mass is 35.5. The van der Waals surface area contributed by atoms with Crippen molar-refractivity contribution in [2.45, 2.75) is 11.3 Å². The maximum absolute atomic E-state index is 13.4. The van der Waals surface area contributed by atoms with E-state index in [2.05, 4.69) is 5.32 Å². The number of nitrogens with one attached hydrogen (secondary N) is 1. The molecular formula is C22H18Cl4N2O3S. The summed E-state index contributed by atoms with van der Waals surface area (Å²) in [6.45, 7) is -0.373. The van der Waals surface area contributed by atoms with Crippen molar-refractivity contribution in [3.8, 4) is 0 Å². The molecule has 3 aromatic rings. The molecule has 0 bridgehead atoms. The molecule has 3 aromatic carbocycles. The van der Waals surface area contributed by atoms with Gasteiger partial charge in [0.05, 0.1) is 21.6 Å². The number of halogens is 4. The molecule has 3 rings (SSSR count). The molecule has 0 fully saturated rings. The zero-order valence-electron chi connectivity index (χ0n) is 16.6. The Morgan fingerprint density at radius 2 is 1.53 bits per heavy atom. The van der Waals surface area contributed by atoms with Gasteiger partial charge in [-0.3, -0.25) is 4.79 Å². The summed E-state index contributed by atoms with van der Waals surface area (Å²) in [6, 6.07) is 18.1. The van der Waals surface area contributed by atoms with Crippen LogP contribution >= 0.6 is 46.4 Å². The lowest BCUT2D eigenvalue weighted by atomic mass is 10.1. The van der Waals surface area contributed by atoms with E-state index in [4.69, 9.17) is 46.4 Å². The number of amides is 1. The summed E-state index contributed by atoms with van der Waals surface area (Å²) in [5, 5.41) is 3.48. The third-order valence-electron chi connectivity index (χ3n) is 4.53. The summed E-state index contributed by atoms with van der Waals surface area (Å²) in [5.41, 5.74) is 1.32. The van der Waals surface area contributed by atoms with Gasteiger partial charge in [0.1, 0.15) is 4.90 Å². The van der Waals surface area contributed by atoms with Crippen LogP contribution in [0.4, 0.5) is 5.69 Å². The van der Waals surface area contributed by atoms with E-state index in [1.54, 1.807) is 6.07 Å². The van der Waals surface area contributed by atoms with Crippen LogP contribution in [0.2, 0.25) is 20.1 Å². The van der Waals surface area contributed by atoms with E-state index in [1.165, 1.54) is 30.3 Å². The lowest BCUT2D eigenvalue weighted by Gasteiger charge is -2.22. The summed E-state index contributed by atoms with van der Waals surface area (Å²) in [6.07, 6.45) is 0.401. The summed E-state index contributed by atoms with van der Waals surface area (Å²) < 4.78 is 27.8. The fraction of sp³-hybridized carbons (Fsp3) is 0.136. The Balaban J connectivity index is 1.86. The summed E-state index contributed by atoms with van der Waals surface area (Å²) in [4.78, 5) is 12.5. The number of sulfonamides is 1. The third-order valence-corrected chi connectivity index (χ3v) is 7.83. The van der Waals surface area contributed by atoms with Crippen LogP contribution in [-0.2, 0) is 21.2 Å². The summed E-state index contributed by atoms with van der Waals surface area (Å²) in [5.74, 6) is -0.543. The van der Waals surface area contributed by atoms with Gasteiger partial charge in [-0.05, 0) is 48.4 Å². The van der Waals surface area contributed by atoms with E-state index in [0.29, 0.717) is 17.1 Å². The van der Waals surface area contributed by atoms with Gasteiger partial charge in [-0.25, -0.2) is 8.42 Å². The number of hydrogen-bond acceptors (Lipinski definition) is 3. The van der Waals surface area contributed by atoms with Crippen molar-refractivity contribution >= 4 is 68.0 Å². The molecule has 0 saturated carbocycles. The molecule has 1 amide bonds. The van der Waals surface area contributed by atoms with Crippen LogP contribution in [0.1, 0.15) is 5.56 Å². The predicted molar refractivity (Wildman–Crippen MR) is 130 cm³/mol. The average Bonchev–Trinajstić information content (AvgIpc) is 2.76. The fourth-order valence-corrected chi connectivity index (χ4v) is 5.36. The highest BCUT2D eigenvalue weighted by Crippen LogP contribution is 2.28. The van der Waals surface area contributed by atoms with E-state index >= 15 is 0 Å². The molecule has 1 N–H and O–H groups in total. The Hall–Kier alpha value is -1.80. The van der Waals surface area contributed by atoms with Crippen LogP contribution in [0.15, 0.2) is 71.6 Å². The molecule has 0 radical (unpaired) electrons. The molecule has 0 spiro atoms. The van der Waals surface area contributed by atoms with Gasteiger partial charge in [0.15, 0.2) is 0 Å². The molecule has 32 heavy (non-hydrogen) atoms. The highest BCUT2D eigenvalue weighted by Gasteiger charge is 2.29. The molecule has 0 aliphatic carbocycles. The molecule has 0 unspecified atom stereocenters. The lowest BCUT2D eigenvalue weighted by Crippen LogP contribution is -2.39. The maximum atomic E-state index is 13.4. The number of carbonyl (C=O) groups excluding carboxylic acids is 1. The van der Waals surface area contributed by atoms with Crippen LogP contribution in [0, 0.1) is 0 Å². The maximum Gasteiger partial charge on any atom is 0.245 e. The Morgan fingerprint density at radius 1 is 0.844 bits per heavy atom. The minimum Gasteiger partial charge on any atom is -0.325 e.